The second kappa shape index (κ2) is 4.48. The Kier molecular flexibility index (Phi) is 2.86. The Morgan fingerprint density at radius 3 is 2.24 bits per heavy atom. The zero-order chi connectivity index (χ0) is 15.3. The molecule has 3 aromatic rings. The van der Waals surface area contributed by atoms with E-state index in [9.17, 15) is 15.0 Å². The Morgan fingerprint density at radius 1 is 1.10 bits per heavy atom. The highest BCUT2D eigenvalue weighted by molar-refractivity contribution is 6.07. The molecular weight excluding hydrogens is 268 g/mol. The van der Waals surface area contributed by atoms with Gasteiger partial charge in [0.05, 0.1) is 0 Å². The van der Waals surface area contributed by atoms with Crippen molar-refractivity contribution in [2.24, 2.45) is 0 Å². The highest BCUT2D eigenvalue weighted by atomic mass is 16.3. The summed E-state index contributed by atoms with van der Waals surface area (Å²) in [5.74, 6) is -0.0485. The summed E-state index contributed by atoms with van der Waals surface area (Å²) in [6.45, 7) is 5.31. The van der Waals surface area contributed by atoms with Crippen LogP contribution in [0.1, 0.15) is 25.6 Å². The van der Waals surface area contributed by atoms with Crippen molar-refractivity contribution < 1.29 is 10.2 Å². The topological polar surface area (TPSA) is 75.4 Å². The maximum atomic E-state index is 12.3. The second-order valence-corrected chi connectivity index (χ2v) is 5.41. The van der Waals surface area contributed by atoms with E-state index < -0.39 is 0 Å². The fourth-order valence-corrected chi connectivity index (χ4v) is 2.69. The van der Waals surface area contributed by atoms with Gasteiger partial charge in [0.2, 0.25) is 0 Å². The zero-order valence-electron chi connectivity index (χ0n) is 12.1. The molecular formula is C16H16N2O3. The van der Waals surface area contributed by atoms with Crippen molar-refractivity contribution in [3.05, 3.63) is 40.3 Å². The van der Waals surface area contributed by atoms with Crippen LogP contribution in [-0.4, -0.2) is 19.8 Å². The summed E-state index contributed by atoms with van der Waals surface area (Å²) < 4.78 is 1.47. The van der Waals surface area contributed by atoms with Crippen molar-refractivity contribution in [1.82, 2.24) is 9.55 Å². The Morgan fingerprint density at radius 2 is 1.67 bits per heavy atom. The van der Waals surface area contributed by atoms with Crippen molar-refractivity contribution in [1.29, 1.82) is 0 Å². The molecule has 0 radical (unpaired) electrons. The maximum absolute atomic E-state index is 12.3. The number of hydrogen-bond donors (Lipinski definition) is 2. The van der Waals surface area contributed by atoms with E-state index in [1.54, 1.807) is 31.2 Å². The van der Waals surface area contributed by atoms with Gasteiger partial charge in [-0.05, 0) is 20.8 Å². The molecule has 0 bridgehead atoms. The average molecular weight is 284 g/mol. The van der Waals surface area contributed by atoms with Crippen LogP contribution in [0.2, 0.25) is 0 Å². The van der Waals surface area contributed by atoms with E-state index in [4.69, 9.17) is 0 Å². The standard InChI is InChI=1S/C16H16N2O3/c1-8(2)18-13-12(17-9(3)16(18)21)14(19)10-6-4-5-7-11(10)15(13)20/h4-8,19-20H,1-3H3. The molecule has 0 aliphatic heterocycles. The molecule has 3 rings (SSSR count). The molecule has 108 valence electrons. The first-order chi connectivity index (χ1) is 9.93. The van der Waals surface area contributed by atoms with Gasteiger partial charge >= 0.3 is 0 Å². The molecule has 5 heteroatoms. The molecule has 0 unspecified atom stereocenters. The van der Waals surface area contributed by atoms with Gasteiger partial charge in [-0.25, -0.2) is 4.98 Å². The average Bonchev–Trinajstić information content (AvgIpc) is 2.46. The van der Waals surface area contributed by atoms with E-state index >= 15 is 0 Å². The van der Waals surface area contributed by atoms with Crippen LogP contribution in [0.5, 0.6) is 11.5 Å². The molecule has 0 aliphatic rings. The van der Waals surface area contributed by atoms with Crippen molar-refractivity contribution in [3.8, 4) is 11.5 Å². The lowest BCUT2D eigenvalue weighted by Gasteiger charge is -2.17. The van der Waals surface area contributed by atoms with Crippen LogP contribution < -0.4 is 5.56 Å². The van der Waals surface area contributed by atoms with Crippen LogP contribution in [0.15, 0.2) is 29.1 Å². The van der Waals surface area contributed by atoms with E-state index in [0.29, 0.717) is 16.5 Å². The van der Waals surface area contributed by atoms with E-state index in [2.05, 4.69) is 4.98 Å². The minimum atomic E-state index is -0.262. The van der Waals surface area contributed by atoms with Crippen molar-refractivity contribution in [2.45, 2.75) is 26.8 Å². The summed E-state index contributed by atoms with van der Waals surface area (Å²) in [6.07, 6.45) is 0. The van der Waals surface area contributed by atoms with Crippen LogP contribution in [0.3, 0.4) is 0 Å². The molecule has 0 fully saturated rings. The first-order valence-electron chi connectivity index (χ1n) is 6.79. The minimum absolute atomic E-state index is 0.0177. The molecule has 2 N–H and O–H groups in total. The lowest BCUT2D eigenvalue weighted by Crippen LogP contribution is -2.25. The molecule has 1 heterocycles. The van der Waals surface area contributed by atoms with Crippen LogP contribution in [-0.2, 0) is 0 Å². The van der Waals surface area contributed by atoms with Gasteiger partial charge in [0.25, 0.3) is 5.56 Å². The smallest absolute Gasteiger partial charge is 0.272 e. The van der Waals surface area contributed by atoms with E-state index in [1.807, 2.05) is 13.8 Å². The van der Waals surface area contributed by atoms with Crippen molar-refractivity contribution in [3.63, 3.8) is 0 Å². The van der Waals surface area contributed by atoms with Crippen molar-refractivity contribution >= 4 is 21.8 Å². The number of rotatable bonds is 1. The highest BCUT2D eigenvalue weighted by Gasteiger charge is 2.20. The molecule has 1 aromatic heterocycles. The summed E-state index contributed by atoms with van der Waals surface area (Å²) in [6, 6.07) is 6.81. The van der Waals surface area contributed by atoms with Gasteiger partial charge in [-0.15, -0.1) is 0 Å². The normalized spacial score (nSPS) is 11.6. The Labute approximate surface area is 121 Å². The first kappa shape index (κ1) is 13.4. The van der Waals surface area contributed by atoms with E-state index in [-0.39, 0.29) is 34.1 Å². The molecule has 0 aliphatic carbocycles. The molecule has 5 nitrogen and oxygen atoms in total. The quantitative estimate of drug-likeness (QED) is 0.532. The number of nitrogens with zero attached hydrogens (tertiary/aromatic N) is 2. The number of fused-ring (bicyclic) bond motifs is 2. The van der Waals surface area contributed by atoms with E-state index in [0.717, 1.165) is 0 Å². The number of phenolic OH excluding ortho intramolecular Hbond substituents is 2. The molecule has 0 saturated heterocycles. The van der Waals surface area contributed by atoms with Crippen LogP contribution in [0.4, 0.5) is 0 Å². The van der Waals surface area contributed by atoms with Gasteiger partial charge in [0.1, 0.15) is 22.5 Å². The molecule has 0 atom stereocenters. The number of aromatic nitrogens is 2. The van der Waals surface area contributed by atoms with Gasteiger partial charge < -0.3 is 10.2 Å². The number of aryl methyl sites for hydroxylation is 1. The van der Waals surface area contributed by atoms with Crippen LogP contribution in [0.25, 0.3) is 21.8 Å². The van der Waals surface area contributed by atoms with Gasteiger partial charge in [0, 0.05) is 16.8 Å². The summed E-state index contributed by atoms with van der Waals surface area (Å²) >= 11 is 0. The summed E-state index contributed by atoms with van der Waals surface area (Å²) in [7, 11) is 0. The summed E-state index contributed by atoms with van der Waals surface area (Å²) in [5, 5.41) is 22.1. The van der Waals surface area contributed by atoms with E-state index in [1.165, 1.54) is 4.57 Å². The third kappa shape index (κ3) is 1.77. The largest absolute Gasteiger partial charge is 0.505 e. The second-order valence-electron chi connectivity index (χ2n) is 5.41. The third-order valence-electron chi connectivity index (χ3n) is 3.68. The first-order valence-corrected chi connectivity index (χ1v) is 6.79. The summed E-state index contributed by atoms with van der Waals surface area (Å²) in [5.41, 5.74) is 0.553. The van der Waals surface area contributed by atoms with Gasteiger partial charge in [0.15, 0.2) is 5.75 Å². The number of phenols is 2. The summed E-state index contributed by atoms with van der Waals surface area (Å²) in [4.78, 5) is 16.5. The zero-order valence-corrected chi connectivity index (χ0v) is 12.1. The predicted octanol–water partition coefficient (Wildman–Crippen LogP) is 2.85. The molecule has 0 amide bonds. The minimum Gasteiger partial charge on any atom is -0.505 e. The maximum Gasteiger partial charge on any atom is 0.272 e. The Hall–Kier alpha value is -2.56. The number of benzene rings is 2. The Bertz CT molecular complexity index is 926. The Balaban J connectivity index is 2.70. The molecule has 0 spiro atoms. The fraction of sp³-hybridized carbons (Fsp3) is 0.250. The van der Waals surface area contributed by atoms with Gasteiger partial charge in [-0.3, -0.25) is 9.36 Å². The van der Waals surface area contributed by atoms with Crippen LogP contribution in [0, 0.1) is 6.92 Å². The third-order valence-corrected chi connectivity index (χ3v) is 3.68. The lowest BCUT2D eigenvalue weighted by atomic mass is 10.1. The predicted molar refractivity (Wildman–Crippen MR) is 82.0 cm³/mol. The molecule has 21 heavy (non-hydrogen) atoms. The van der Waals surface area contributed by atoms with Crippen molar-refractivity contribution in [2.75, 3.05) is 0 Å². The molecule has 0 saturated carbocycles. The number of aromatic hydroxyl groups is 2. The highest BCUT2D eigenvalue weighted by Crippen LogP contribution is 2.40. The number of hydrogen-bond acceptors (Lipinski definition) is 4. The lowest BCUT2D eigenvalue weighted by molar-refractivity contribution is 0.469. The molecule has 2 aromatic carbocycles. The monoisotopic (exact) mass is 284 g/mol. The SMILES string of the molecule is Cc1nc2c(O)c3ccccc3c(O)c2n(C(C)C)c1=O. The van der Waals surface area contributed by atoms with Gasteiger partial charge in [-0.1, -0.05) is 24.3 Å². The fourth-order valence-electron chi connectivity index (χ4n) is 2.69. The van der Waals surface area contributed by atoms with Crippen LogP contribution >= 0.6 is 0 Å². The van der Waals surface area contributed by atoms with Gasteiger partial charge in [-0.2, -0.15) is 0 Å².